The maximum Gasteiger partial charge on any atom is 0.142 e. The van der Waals surface area contributed by atoms with Gasteiger partial charge in [-0.05, 0) is 21.5 Å². The Morgan fingerprint density at radius 2 is 2.06 bits per heavy atom. The van der Waals surface area contributed by atoms with Gasteiger partial charge >= 0.3 is 0 Å². The van der Waals surface area contributed by atoms with E-state index in [1.807, 2.05) is 35.7 Å². The summed E-state index contributed by atoms with van der Waals surface area (Å²) in [4.78, 5) is 4.30. The molecule has 1 aromatic heterocycles. The van der Waals surface area contributed by atoms with Crippen LogP contribution in [0.3, 0.4) is 0 Å². The molecular formula is C12H11BrClNOS. The number of hydrogen-bond donors (Lipinski definition) is 1. The quantitative estimate of drug-likeness (QED) is 0.865. The molecule has 1 heterocycles. The van der Waals surface area contributed by atoms with E-state index in [0.717, 1.165) is 10.2 Å². The first-order valence-electron chi connectivity index (χ1n) is 5.12. The average Bonchev–Trinajstić information content (AvgIpc) is 2.78. The average molecular weight is 333 g/mol. The first kappa shape index (κ1) is 13.0. The Morgan fingerprint density at radius 3 is 2.59 bits per heavy atom. The number of hydrogen-bond acceptors (Lipinski definition) is 3. The lowest BCUT2D eigenvalue weighted by Crippen LogP contribution is -2.27. The predicted molar refractivity (Wildman–Crippen MR) is 74.6 cm³/mol. The van der Waals surface area contributed by atoms with Crippen molar-refractivity contribution in [3.63, 3.8) is 0 Å². The van der Waals surface area contributed by atoms with Gasteiger partial charge in [-0.15, -0.1) is 22.9 Å². The van der Waals surface area contributed by atoms with Crippen molar-refractivity contribution in [3.8, 4) is 0 Å². The molecule has 5 heteroatoms. The molecular weight excluding hydrogens is 322 g/mol. The molecule has 0 aliphatic heterocycles. The van der Waals surface area contributed by atoms with E-state index in [0.29, 0.717) is 17.3 Å². The molecule has 0 amide bonds. The van der Waals surface area contributed by atoms with Crippen LogP contribution in [0, 0.1) is 0 Å². The summed E-state index contributed by atoms with van der Waals surface area (Å²) in [6.45, 7) is 0. The standard InChI is InChI=1S/C12H11BrClNOS/c13-10-8-17-11(15-10)12(16,6-7-14)9-4-2-1-3-5-9/h1-5,8,16H,6-7H2. The molecule has 0 saturated carbocycles. The molecule has 17 heavy (non-hydrogen) atoms. The fourth-order valence-electron chi connectivity index (χ4n) is 1.67. The smallest absolute Gasteiger partial charge is 0.142 e. The molecule has 2 nitrogen and oxygen atoms in total. The molecule has 0 aliphatic carbocycles. The van der Waals surface area contributed by atoms with Crippen LogP contribution in [0.1, 0.15) is 17.0 Å². The molecule has 1 unspecified atom stereocenters. The van der Waals surface area contributed by atoms with Gasteiger partial charge in [0, 0.05) is 17.7 Å². The van der Waals surface area contributed by atoms with Gasteiger partial charge in [-0.2, -0.15) is 0 Å². The van der Waals surface area contributed by atoms with Crippen molar-refractivity contribution in [2.24, 2.45) is 0 Å². The zero-order valence-corrected chi connectivity index (χ0v) is 12.1. The van der Waals surface area contributed by atoms with Crippen molar-refractivity contribution < 1.29 is 5.11 Å². The number of nitrogens with zero attached hydrogens (tertiary/aromatic N) is 1. The van der Waals surface area contributed by atoms with Crippen molar-refractivity contribution in [1.82, 2.24) is 4.98 Å². The van der Waals surface area contributed by atoms with E-state index in [2.05, 4.69) is 20.9 Å². The van der Waals surface area contributed by atoms with Crippen LogP contribution in [-0.4, -0.2) is 16.0 Å². The van der Waals surface area contributed by atoms with Crippen LogP contribution in [0.2, 0.25) is 0 Å². The summed E-state index contributed by atoms with van der Waals surface area (Å²) in [5.41, 5.74) is -0.276. The third-order valence-corrected chi connectivity index (χ3v) is 4.43. The predicted octanol–water partition coefficient (Wildman–Crippen LogP) is 3.77. The van der Waals surface area contributed by atoms with Crippen molar-refractivity contribution >= 4 is 38.9 Å². The van der Waals surface area contributed by atoms with Gasteiger partial charge in [0.25, 0.3) is 0 Å². The Labute approximate surface area is 117 Å². The Hall–Kier alpha value is -0.420. The first-order chi connectivity index (χ1) is 8.16. The van der Waals surface area contributed by atoms with Gasteiger partial charge < -0.3 is 5.11 Å². The molecule has 90 valence electrons. The molecule has 0 radical (unpaired) electrons. The number of aromatic nitrogens is 1. The fraction of sp³-hybridized carbons (Fsp3) is 0.250. The number of thiazole rings is 1. The van der Waals surface area contributed by atoms with Crippen LogP contribution in [0.25, 0.3) is 0 Å². The highest BCUT2D eigenvalue weighted by molar-refractivity contribution is 9.10. The van der Waals surface area contributed by atoms with Crippen molar-refractivity contribution in [3.05, 3.63) is 50.9 Å². The number of halogens is 2. The summed E-state index contributed by atoms with van der Waals surface area (Å²) in [6.07, 6.45) is 0.443. The molecule has 2 aromatic rings. The van der Waals surface area contributed by atoms with Gasteiger partial charge in [0.15, 0.2) is 0 Å². The topological polar surface area (TPSA) is 33.1 Å². The summed E-state index contributed by atoms with van der Waals surface area (Å²) >= 11 is 10.5. The zero-order valence-electron chi connectivity index (χ0n) is 8.94. The lowest BCUT2D eigenvalue weighted by atomic mass is 9.92. The van der Waals surface area contributed by atoms with Crippen LogP contribution in [0.5, 0.6) is 0 Å². The van der Waals surface area contributed by atoms with Crippen LogP contribution < -0.4 is 0 Å². The Kier molecular flexibility index (Phi) is 4.20. The summed E-state index contributed by atoms with van der Waals surface area (Å²) < 4.78 is 0.737. The molecule has 0 saturated heterocycles. The van der Waals surface area contributed by atoms with Gasteiger partial charge in [0.05, 0.1) is 0 Å². The van der Waals surface area contributed by atoms with Crippen LogP contribution in [-0.2, 0) is 5.60 Å². The summed E-state index contributed by atoms with van der Waals surface area (Å²) in [5, 5.41) is 13.3. The van der Waals surface area contributed by atoms with E-state index in [1.54, 1.807) is 0 Å². The molecule has 1 N–H and O–H groups in total. The molecule has 1 atom stereocenters. The number of alkyl halides is 1. The highest BCUT2D eigenvalue weighted by Gasteiger charge is 2.33. The minimum Gasteiger partial charge on any atom is -0.378 e. The molecule has 2 rings (SSSR count). The third-order valence-electron chi connectivity index (χ3n) is 2.54. The Balaban J connectivity index is 2.46. The van der Waals surface area contributed by atoms with E-state index >= 15 is 0 Å². The highest BCUT2D eigenvalue weighted by Crippen LogP contribution is 2.35. The van der Waals surface area contributed by atoms with E-state index in [1.165, 1.54) is 11.3 Å². The molecule has 0 aliphatic rings. The van der Waals surface area contributed by atoms with E-state index < -0.39 is 5.60 Å². The van der Waals surface area contributed by atoms with Gasteiger partial charge in [-0.25, -0.2) is 4.98 Å². The third kappa shape index (κ3) is 2.71. The maximum absolute atomic E-state index is 10.8. The number of aliphatic hydroxyl groups is 1. The summed E-state index contributed by atoms with van der Waals surface area (Å²) in [6, 6.07) is 9.50. The summed E-state index contributed by atoms with van der Waals surface area (Å²) in [7, 11) is 0. The second-order valence-electron chi connectivity index (χ2n) is 3.64. The molecule has 0 fully saturated rings. The summed E-state index contributed by atoms with van der Waals surface area (Å²) in [5.74, 6) is 0.378. The normalized spacial score (nSPS) is 14.5. The molecule has 0 bridgehead atoms. The van der Waals surface area contributed by atoms with E-state index in [-0.39, 0.29) is 0 Å². The van der Waals surface area contributed by atoms with Gasteiger partial charge in [-0.1, -0.05) is 30.3 Å². The lowest BCUT2D eigenvalue weighted by Gasteiger charge is -2.25. The number of rotatable bonds is 4. The Morgan fingerprint density at radius 1 is 1.35 bits per heavy atom. The van der Waals surface area contributed by atoms with E-state index in [9.17, 15) is 5.11 Å². The van der Waals surface area contributed by atoms with Crippen molar-refractivity contribution in [2.45, 2.75) is 12.0 Å². The zero-order chi connectivity index (χ0) is 12.3. The molecule has 0 spiro atoms. The first-order valence-corrected chi connectivity index (χ1v) is 7.33. The van der Waals surface area contributed by atoms with Crippen LogP contribution >= 0.6 is 38.9 Å². The van der Waals surface area contributed by atoms with Gasteiger partial charge in [0.1, 0.15) is 15.2 Å². The minimum atomic E-state index is -1.10. The van der Waals surface area contributed by atoms with Crippen LogP contribution in [0.15, 0.2) is 40.3 Å². The van der Waals surface area contributed by atoms with Crippen molar-refractivity contribution in [2.75, 3.05) is 5.88 Å². The van der Waals surface area contributed by atoms with Crippen molar-refractivity contribution in [1.29, 1.82) is 0 Å². The minimum absolute atomic E-state index is 0.378. The van der Waals surface area contributed by atoms with Gasteiger partial charge in [-0.3, -0.25) is 0 Å². The van der Waals surface area contributed by atoms with Crippen LogP contribution in [0.4, 0.5) is 0 Å². The largest absolute Gasteiger partial charge is 0.378 e. The monoisotopic (exact) mass is 331 g/mol. The fourth-order valence-corrected chi connectivity index (χ4v) is 3.35. The maximum atomic E-state index is 10.8. The lowest BCUT2D eigenvalue weighted by molar-refractivity contribution is 0.0770. The SMILES string of the molecule is OC(CCCl)(c1ccccc1)c1nc(Br)cs1. The second kappa shape index (κ2) is 5.48. The Bertz CT molecular complexity index is 490. The van der Waals surface area contributed by atoms with E-state index in [4.69, 9.17) is 11.6 Å². The number of benzene rings is 1. The van der Waals surface area contributed by atoms with Gasteiger partial charge in [0.2, 0.25) is 0 Å². The molecule has 1 aromatic carbocycles. The highest BCUT2D eigenvalue weighted by atomic mass is 79.9. The second-order valence-corrected chi connectivity index (χ2v) is 5.69.